The van der Waals surface area contributed by atoms with Crippen molar-refractivity contribution in [3.63, 3.8) is 0 Å². The number of carboxylic acids is 1. The second-order valence-electron chi connectivity index (χ2n) is 4.62. The van der Waals surface area contributed by atoms with Crippen molar-refractivity contribution >= 4 is 23.5 Å². The van der Waals surface area contributed by atoms with E-state index in [0.29, 0.717) is 0 Å². The summed E-state index contributed by atoms with van der Waals surface area (Å²) in [6.07, 6.45) is 1.02. The Hall–Kier alpha value is -2.87. The lowest BCUT2D eigenvalue weighted by atomic mass is 10.2. The number of nitrogens with zero attached hydrogens (tertiary/aromatic N) is 1. The summed E-state index contributed by atoms with van der Waals surface area (Å²) in [5.41, 5.74) is -1.31. The lowest BCUT2D eigenvalue weighted by Gasteiger charge is -2.15. The molecule has 1 aromatic carbocycles. The zero-order valence-electron chi connectivity index (χ0n) is 11.7. The van der Waals surface area contributed by atoms with Gasteiger partial charge in [-0.25, -0.2) is 9.59 Å². The number of nitrogens with one attached hydrogen (secondary N) is 2. The average Bonchev–Trinajstić information content (AvgIpc) is 2.52. The Bertz CT molecular complexity index is 843. The number of carbonyl (C=O) groups excluding carboxylic acids is 1. The van der Waals surface area contributed by atoms with Crippen LogP contribution in [0, 0.1) is 0 Å². The van der Waals surface area contributed by atoms with Gasteiger partial charge in [-0.1, -0.05) is 29.8 Å². The van der Waals surface area contributed by atoms with E-state index in [0.717, 1.165) is 10.8 Å². The van der Waals surface area contributed by atoms with Gasteiger partial charge >= 0.3 is 11.7 Å². The number of hydrogen-bond donors (Lipinski definition) is 3. The molecule has 0 aliphatic carbocycles. The second kappa shape index (κ2) is 6.93. The summed E-state index contributed by atoms with van der Waals surface area (Å²) < 4.78 is 0.911. The molecule has 1 amide bonds. The SMILES string of the molecule is O=C(N[C@@H](Cn1cc(Cl)c(=O)[nH]c1=O)C(=O)O)c1ccccc1. The van der Waals surface area contributed by atoms with E-state index in [9.17, 15) is 24.3 Å². The number of rotatable bonds is 5. The van der Waals surface area contributed by atoms with Gasteiger partial charge in [0.2, 0.25) is 0 Å². The summed E-state index contributed by atoms with van der Waals surface area (Å²) in [6, 6.07) is 6.66. The fraction of sp³-hybridized carbons (Fsp3) is 0.143. The molecule has 2 rings (SSSR count). The Labute approximate surface area is 134 Å². The first-order chi connectivity index (χ1) is 10.9. The zero-order chi connectivity index (χ0) is 17.0. The van der Waals surface area contributed by atoms with Crippen LogP contribution in [0.4, 0.5) is 0 Å². The van der Waals surface area contributed by atoms with E-state index in [2.05, 4.69) is 5.32 Å². The van der Waals surface area contributed by atoms with Gasteiger partial charge in [0.1, 0.15) is 11.1 Å². The quantitative estimate of drug-likeness (QED) is 0.713. The number of carboxylic acid groups (broad SMARTS) is 1. The zero-order valence-corrected chi connectivity index (χ0v) is 12.4. The average molecular weight is 338 g/mol. The lowest BCUT2D eigenvalue weighted by molar-refractivity contribution is -0.139. The van der Waals surface area contributed by atoms with Crippen LogP contribution in [-0.4, -0.2) is 32.6 Å². The van der Waals surface area contributed by atoms with Gasteiger partial charge in [0.15, 0.2) is 0 Å². The molecule has 3 N–H and O–H groups in total. The number of H-pyrrole nitrogens is 1. The molecule has 0 fully saturated rings. The number of hydrogen-bond acceptors (Lipinski definition) is 4. The number of amides is 1. The summed E-state index contributed by atoms with van der Waals surface area (Å²) in [5.74, 6) is -1.93. The molecule has 0 radical (unpaired) electrons. The van der Waals surface area contributed by atoms with Crippen molar-refractivity contribution in [3.8, 4) is 0 Å². The van der Waals surface area contributed by atoms with Crippen molar-refractivity contribution in [2.75, 3.05) is 0 Å². The molecule has 0 saturated heterocycles. The van der Waals surface area contributed by atoms with Crippen molar-refractivity contribution in [2.24, 2.45) is 0 Å². The Morgan fingerprint density at radius 2 is 1.91 bits per heavy atom. The molecule has 120 valence electrons. The minimum absolute atomic E-state index is 0.261. The van der Waals surface area contributed by atoms with Crippen molar-refractivity contribution < 1.29 is 14.7 Å². The van der Waals surface area contributed by atoms with Crippen LogP contribution in [-0.2, 0) is 11.3 Å². The molecule has 2 aromatic rings. The van der Waals surface area contributed by atoms with Gasteiger partial charge in [0.05, 0.1) is 6.54 Å². The molecule has 0 unspecified atom stereocenters. The lowest BCUT2D eigenvalue weighted by Crippen LogP contribution is -2.46. The van der Waals surface area contributed by atoms with Crippen LogP contribution in [0.3, 0.4) is 0 Å². The van der Waals surface area contributed by atoms with Crippen LogP contribution in [0.1, 0.15) is 10.4 Å². The van der Waals surface area contributed by atoms with Gasteiger partial charge in [0.25, 0.3) is 11.5 Å². The van der Waals surface area contributed by atoms with Crippen molar-refractivity contribution in [1.82, 2.24) is 14.9 Å². The first-order valence-corrected chi connectivity index (χ1v) is 6.84. The fourth-order valence-electron chi connectivity index (χ4n) is 1.83. The van der Waals surface area contributed by atoms with E-state index in [1.165, 1.54) is 12.1 Å². The number of carbonyl (C=O) groups is 2. The van der Waals surface area contributed by atoms with Crippen LogP contribution >= 0.6 is 11.6 Å². The highest BCUT2D eigenvalue weighted by Gasteiger charge is 2.22. The summed E-state index contributed by atoms with van der Waals surface area (Å²) in [7, 11) is 0. The van der Waals surface area contributed by atoms with Crippen LogP contribution in [0.15, 0.2) is 46.1 Å². The van der Waals surface area contributed by atoms with Gasteiger partial charge in [-0.15, -0.1) is 0 Å². The van der Waals surface area contributed by atoms with Crippen LogP contribution < -0.4 is 16.6 Å². The monoisotopic (exact) mass is 337 g/mol. The molecular weight excluding hydrogens is 326 g/mol. The predicted molar refractivity (Wildman–Crippen MR) is 81.7 cm³/mol. The predicted octanol–water partition coefficient (Wildman–Crippen LogP) is 0.0732. The standard InChI is InChI=1S/C14H12ClN3O5/c15-9-6-18(14(23)17-12(9)20)7-10(13(21)22)16-11(19)8-4-2-1-3-5-8/h1-6,10H,7H2,(H,16,19)(H,21,22)(H,17,20,23)/t10-/m0/s1. The van der Waals surface area contributed by atoms with E-state index >= 15 is 0 Å². The molecule has 0 aliphatic rings. The van der Waals surface area contributed by atoms with Crippen molar-refractivity contribution in [1.29, 1.82) is 0 Å². The van der Waals surface area contributed by atoms with Crippen molar-refractivity contribution in [2.45, 2.75) is 12.6 Å². The van der Waals surface area contributed by atoms with Gasteiger partial charge in [-0.3, -0.25) is 19.1 Å². The molecular formula is C14H12ClN3O5. The van der Waals surface area contributed by atoms with Gasteiger partial charge < -0.3 is 10.4 Å². The number of benzene rings is 1. The van der Waals surface area contributed by atoms with Crippen LogP contribution in [0.2, 0.25) is 5.02 Å². The smallest absolute Gasteiger partial charge is 0.328 e. The van der Waals surface area contributed by atoms with E-state index in [-0.39, 0.29) is 17.1 Å². The molecule has 1 aromatic heterocycles. The van der Waals surface area contributed by atoms with Crippen molar-refractivity contribution in [3.05, 3.63) is 68.0 Å². The van der Waals surface area contributed by atoms with E-state index < -0.39 is 29.2 Å². The highest BCUT2D eigenvalue weighted by atomic mass is 35.5. The number of aliphatic carboxylic acids is 1. The van der Waals surface area contributed by atoms with Crippen LogP contribution in [0.5, 0.6) is 0 Å². The second-order valence-corrected chi connectivity index (χ2v) is 5.03. The highest BCUT2D eigenvalue weighted by molar-refractivity contribution is 6.30. The molecule has 0 bridgehead atoms. The third-order valence-corrected chi connectivity index (χ3v) is 3.26. The third-order valence-electron chi connectivity index (χ3n) is 2.99. The number of aromatic amines is 1. The molecule has 1 heterocycles. The largest absolute Gasteiger partial charge is 0.480 e. The van der Waals surface area contributed by atoms with E-state index in [1.54, 1.807) is 18.2 Å². The Kier molecular flexibility index (Phi) is 4.97. The molecule has 0 aliphatic heterocycles. The third kappa shape index (κ3) is 4.07. The normalized spacial score (nSPS) is 11.7. The van der Waals surface area contributed by atoms with Crippen LogP contribution in [0.25, 0.3) is 0 Å². The van der Waals surface area contributed by atoms with Gasteiger partial charge in [-0.05, 0) is 12.1 Å². The molecule has 8 nitrogen and oxygen atoms in total. The topological polar surface area (TPSA) is 121 Å². The molecule has 0 spiro atoms. The highest BCUT2D eigenvalue weighted by Crippen LogP contribution is 2.01. The van der Waals surface area contributed by atoms with Gasteiger partial charge in [0, 0.05) is 11.8 Å². The maximum Gasteiger partial charge on any atom is 0.328 e. The summed E-state index contributed by atoms with van der Waals surface area (Å²) in [5, 5.41) is 11.3. The minimum Gasteiger partial charge on any atom is -0.480 e. The number of halogens is 1. The fourth-order valence-corrected chi connectivity index (χ4v) is 2.00. The first kappa shape index (κ1) is 16.5. The van der Waals surface area contributed by atoms with E-state index in [4.69, 9.17) is 11.6 Å². The summed E-state index contributed by atoms with van der Waals surface area (Å²) in [6.45, 7) is -0.386. The molecule has 9 heteroatoms. The Morgan fingerprint density at radius 1 is 1.26 bits per heavy atom. The van der Waals surface area contributed by atoms with Gasteiger partial charge in [-0.2, -0.15) is 0 Å². The maximum absolute atomic E-state index is 12.0. The summed E-state index contributed by atoms with van der Waals surface area (Å²) in [4.78, 5) is 48.1. The molecule has 0 saturated carbocycles. The number of aromatic nitrogens is 2. The molecule has 1 atom stereocenters. The maximum atomic E-state index is 12.0. The first-order valence-electron chi connectivity index (χ1n) is 6.46. The Morgan fingerprint density at radius 3 is 2.52 bits per heavy atom. The molecule has 23 heavy (non-hydrogen) atoms. The summed E-state index contributed by atoms with van der Waals surface area (Å²) >= 11 is 5.61. The van der Waals surface area contributed by atoms with E-state index in [1.807, 2.05) is 4.98 Å². The Balaban J connectivity index is 2.22. The minimum atomic E-state index is -1.37.